The van der Waals surface area contributed by atoms with Crippen LogP contribution in [0.15, 0.2) is 46.3 Å². The quantitative estimate of drug-likeness (QED) is 0.786. The number of benzene rings is 2. The Balaban J connectivity index is 2.25. The smallest absolute Gasteiger partial charge is 0.205 e. The zero-order chi connectivity index (χ0) is 18.8. The number of hydrogen-bond acceptors (Lipinski definition) is 6. The van der Waals surface area contributed by atoms with E-state index in [1.54, 1.807) is 25.3 Å². The van der Waals surface area contributed by atoms with Crippen molar-refractivity contribution in [3.8, 4) is 29.1 Å². The van der Waals surface area contributed by atoms with Gasteiger partial charge in [0.25, 0.3) is 0 Å². The van der Waals surface area contributed by atoms with E-state index in [9.17, 15) is 10.4 Å². The molecule has 0 saturated heterocycles. The highest BCUT2D eigenvalue weighted by Gasteiger charge is 2.33. The number of rotatable bonds is 4. The van der Waals surface area contributed by atoms with Crippen molar-refractivity contribution in [3.05, 3.63) is 57.4 Å². The summed E-state index contributed by atoms with van der Waals surface area (Å²) in [6, 6.07) is 10.5. The molecule has 0 aliphatic carbocycles. The predicted molar refractivity (Wildman–Crippen MR) is 99.3 cm³/mol. The number of nitriles is 1. The lowest BCUT2D eigenvalue weighted by atomic mass is 9.83. The van der Waals surface area contributed by atoms with Crippen molar-refractivity contribution in [2.45, 2.75) is 12.8 Å². The fraction of sp³-hybridized carbons (Fsp3) is 0.211. The third kappa shape index (κ3) is 3.04. The lowest BCUT2D eigenvalue weighted by molar-refractivity contribution is 0.310. The second-order valence-corrected chi connectivity index (χ2v) is 6.46. The highest BCUT2D eigenvalue weighted by atomic mass is 79.9. The molecule has 0 spiro atoms. The molecule has 1 heterocycles. The molecule has 134 valence electrons. The van der Waals surface area contributed by atoms with E-state index in [0.717, 1.165) is 15.6 Å². The Kier molecular flexibility index (Phi) is 4.96. The average Bonchev–Trinajstić information content (AvgIpc) is 2.61. The van der Waals surface area contributed by atoms with Gasteiger partial charge < -0.3 is 25.1 Å². The van der Waals surface area contributed by atoms with Crippen molar-refractivity contribution in [1.82, 2.24) is 0 Å². The molecule has 0 fully saturated rings. The summed E-state index contributed by atoms with van der Waals surface area (Å²) in [5.74, 6) is 1.15. The average molecular weight is 417 g/mol. The van der Waals surface area contributed by atoms with Gasteiger partial charge in [-0.3, -0.25) is 0 Å². The maximum atomic E-state index is 9.74. The number of fused-ring (bicyclic) bond motifs is 1. The van der Waals surface area contributed by atoms with Crippen LogP contribution in [-0.2, 0) is 0 Å². The topological polar surface area (TPSA) is 97.7 Å². The number of aromatic hydroxyl groups is 1. The van der Waals surface area contributed by atoms with Crippen LogP contribution in [0.5, 0.6) is 23.0 Å². The van der Waals surface area contributed by atoms with Gasteiger partial charge in [-0.25, -0.2) is 0 Å². The van der Waals surface area contributed by atoms with Crippen molar-refractivity contribution < 1.29 is 19.3 Å². The van der Waals surface area contributed by atoms with E-state index >= 15 is 0 Å². The molecular weight excluding hydrogens is 400 g/mol. The first-order valence-electron chi connectivity index (χ1n) is 7.90. The highest BCUT2D eigenvalue weighted by Crippen LogP contribution is 2.47. The minimum atomic E-state index is -0.469. The maximum absolute atomic E-state index is 9.74. The number of halogens is 1. The van der Waals surface area contributed by atoms with Crippen molar-refractivity contribution >= 4 is 15.9 Å². The van der Waals surface area contributed by atoms with E-state index in [1.807, 2.05) is 13.0 Å². The predicted octanol–water partition coefficient (Wildman–Crippen LogP) is 3.78. The molecule has 26 heavy (non-hydrogen) atoms. The lowest BCUT2D eigenvalue weighted by Crippen LogP contribution is -2.21. The second-order valence-electron chi connectivity index (χ2n) is 5.60. The fourth-order valence-corrected chi connectivity index (χ4v) is 3.52. The third-order valence-corrected chi connectivity index (χ3v) is 4.78. The largest absolute Gasteiger partial charge is 0.508 e. The van der Waals surface area contributed by atoms with Gasteiger partial charge in [0.15, 0.2) is 11.5 Å². The Morgan fingerprint density at radius 1 is 1.27 bits per heavy atom. The number of methoxy groups -OCH3 is 1. The van der Waals surface area contributed by atoms with Gasteiger partial charge in [0.05, 0.1) is 19.6 Å². The number of nitrogens with zero attached hydrogens (tertiary/aromatic N) is 1. The first-order chi connectivity index (χ1) is 12.5. The molecule has 2 aromatic carbocycles. The third-order valence-electron chi connectivity index (χ3n) is 4.10. The molecule has 7 heteroatoms. The molecule has 0 aromatic heterocycles. The summed E-state index contributed by atoms with van der Waals surface area (Å²) in [5.41, 5.74) is 7.76. The molecule has 0 bridgehead atoms. The standard InChI is InChI=1S/C19H17BrN2O4/c1-3-25-17-7-12(14(20)8-16(17)24-2)18-11-5-4-10(23)6-15(11)26-19(22)13(18)9-21/h4-8,18,23H,3,22H2,1-2H3. The molecule has 1 aliphatic heterocycles. The molecule has 1 atom stereocenters. The van der Waals surface area contributed by atoms with Crippen molar-refractivity contribution in [3.63, 3.8) is 0 Å². The van der Waals surface area contributed by atoms with Crippen LogP contribution >= 0.6 is 15.9 Å². The molecule has 0 radical (unpaired) electrons. The summed E-state index contributed by atoms with van der Waals surface area (Å²) < 4.78 is 17.3. The van der Waals surface area contributed by atoms with Gasteiger partial charge in [0.1, 0.15) is 23.1 Å². The summed E-state index contributed by atoms with van der Waals surface area (Å²) in [6.07, 6.45) is 0. The first-order valence-corrected chi connectivity index (χ1v) is 8.70. The Hall–Kier alpha value is -2.85. The van der Waals surface area contributed by atoms with E-state index in [-0.39, 0.29) is 17.2 Å². The van der Waals surface area contributed by atoms with Crippen LogP contribution in [-0.4, -0.2) is 18.8 Å². The molecule has 0 saturated carbocycles. The molecule has 3 rings (SSSR count). The fourth-order valence-electron chi connectivity index (χ4n) is 2.96. The minimum absolute atomic E-state index is 0.0104. The molecular formula is C19H17BrN2O4. The summed E-state index contributed by atoms with van der Waals surface area (Å²) >= 11 is 3.55. The van der Waals surface area contributed by atoms with Gasteiger partial charge in [-0.15, -0.1) is 0 Å². The van der Waals surface area contributed by atoms with Gasteiger partial charge in [0, 0.05) is 16.1 Å². The van der Waals surface area contributed by atoms with Crippen LogP contribution in [0.25, 0.3) is 0 Å². The number of allylic oxidation sites excluding steroid dienone is 1. The van der Waals surface area contributed by atoms with E-state index in [0.29, 0.717) is 23.9 Å². The number of phenols is 1. The van der Waals surface area contributed by atoms with Crippen molar-refractivity contribution in [2.24, 2.45) is 5.73 Å². The van der Waals surface area contributed by atoms with Crippen LogP contribution in [0.3, 0.4) is 0 Å². The Bertz CT molecular complexity index is 934. The number of ether oxygens (including phenoxy) is 3. The Morgan fingerprint density at radius 3 is 2.69 bits per heavy atom. The van der Waals surface area contributed by atoms with Crippen molar-refractivity contribution in [2.75, 3.05) is 13.7 Å². The SMILES string of the molecule is CCOc1cc(C2C(C#N)=C(N)Oc3cc(O)ccc32)c(Br)cc1OC. The van der Waals surface area contributed by atoms with E-state index in [1.165, 1.54) is 6.07 Å². The first kappa shape index (κ1) is 18.0. The normalized spacial score (nSPS) is 15.7. The monoisotopic (exact) mass is 416 g/mol. The van der Waals surface area contributed by atoms with E-state index in [2.05, 4.69) is 22.0 Å². The molecule has 3 N–H and O–H groups in total. The number of hydrogen-bond donors (Lipinski definition) is 2. The van der Waals surface area contributed by atoms with Crippen LogP contribution in [0.1, 0.15) is 24.0 Å². The second kappa shape index (κ2) is 7.18. The zero-order valence-electron chi connectivity index (χ0n) is 14.2. The van der Waals surface area contributed by atoms with Crippen molar-refractivity contribution in [1.29, 1.82) is 5.26 Å². The summed E-state index contributed by atoms with van der Waals surface area (Å²) in [5, 5.41) is 19.4. The van der Waals surface area contributed by atoms with Crippen LogP contribution < -0.4 is 19.9 Å². The van der Waals surface area contributed by atoms with Crippen LogP contribution in [0, 0.1) is 11.3 Å². The molecule has 6 nitrogen and oxygen atoms in total. The lowest BCUT2D eigenvalue weighted by Gasteiger charge is -2.27. The van der Waals surface area contributed by atoms with Crippen LogP contribution in [0.4, 0.5) is 0 Å². The van der Waals surface area contributed by atoms with Gasteiger partial charge in [-0.2, -0.15) is 5.26 Å². The maximum Gasteiger partial charge on any atom is 0.205 e. The number of phenolic OH excluding ortho intramolecular Hbond substituents is 1. The minimum Gasteiger partial charge on any atom is -0.508 e. The Morgan fingerprint density at radius 2 is 2.04 bits per heavy atom. The molecule has 1 aliphatic rings. The summed E-state index contributed by atoms with van der Waals surface area (Å²) in [7, 11) is 1.56. The summed E-state index contributed by atoms with van der Waals surface area (Å²) in [4.78, 5) is 0. The van der Waals surface area contributed by atoms with E-state index in [4.69, 9.17) is 19.9 Å². The molecule has 2 aromatic rings. The van der Waals surface area contributed by atoms with Gasteiger partial charge in [0.2, 0.25) is 5.88 Å². The Labute approximate surface area is 159 Å². The van der Waals surface area contributed by atoms with Gasteiger partial charge >= 0.3 is 0 Å². The number of nitrogens with two attached hydrogens (primary N) is 1. The molecule has 0 amide bonds. The zero-order valence-corrected chi connectivity index (χ0v) is 15.8. The highest BCUT2D eigenvalue weighted by molar-refractivity contribution is 9.10. The van der Waals surface area contributed by atoms with E-state index < -0.39 is 5.92 Å². The summed E-state index contributed by atoms with van der Waals surface area (Å²) in [6.45, 7) is 2.35. The van der Waals surface area contributed by atoms with Crippen LogP contribution in [0.2, 0.25) is 0 Å². The van der Waals surface area contributed by atoms with Gasteiger partial charge in [-0.05, 0) is 30.7 Å². The van der Waals surface area contributed by atoms with Gasteiger partial charge in [-0.1, -0.05) is 22.0 Å². The molecule has 1 unspecified atom stereocenters.